The summed E-state index contributed by atoms with van der Waals surface area (Å²) in [6.45, 7) is 6.74. The molecule has 4 rings (SSSR count). The first-order chi connectivity index (χ1) is 16.4. The molecule has 0 aliphatic rings. The Morgan fingerprint density at radius 2 is 2.00 bits per heavy atom. The van der Waals surface area contributed by atoms with E-state index in [-0.39, 0.29) is 22.5 Å². The number of anilines is 1. The van der Waals surface area contributed by atoms with Crippen LogP contribution >= 0.6 is 11.9 Å². The number of halogens is 1. The molecule has 0 spiro atoms. The summed E-state index contributed by atoms with van der Waals surface area (Å²) in [5.74, 6) is -1.55. The fourth-order valence-electron chi connectivity index (χ4n) is 3.79. The quantitative estimate of drug-likeness (QED) is 0.268. The maximum Gasteiger partial charge on any atom is 0.339 e. The van der Waals surface area contributed by atoms with Gasteiger partial charge >= 0.3 is 5.97 Å². The first-order valence-corrected chi connectivity index (χ1v) is 11.6. The summed E-state index contributed by atoms with van der Waals surface area (Å²) in [7, 11) is 0. The number of likely N-dealkylation sites (N-methyl/N-ethyl adjacent to an activating group) is 1. The standard InChI is InChI=1S/C25H24FN3O4S/c1-3-29(4-2)12-5-6-15-14-16(26)7-10-20(15)34-28-19-9-8-17-18-11-13-33-23(18)24(30)27-22(17)21(19)25(31)32/h5-11,13-14,28H,3-4,12H2,1-2H3,(H,27,30)(H,31,32)/b6-5-. The zero-order chi connectivity index (χ0) is 24.2. The van der Waals surface area contributed by atoms with Gasteiger partial charge in [-0.15, -0.1) is 0 Å². The van der Waals surface area contributed by atoms with Gasteiger partial charge in [0.15, 0.2) is 5.58 Å². The van der Waals surface area contributed by atoms with E-state index in [0.29, 0.717) is 22.0 Å². The summed E-state index contributed by atoms with van der Waals surface area (Å²) in [6.07, 6.45) is 5.23. The van der Waals surface area contributed by atoms with E-state index in [1.807, 2.05) is 12.2 Å². The van der Waals surface area contributed by atoms with E-state index in [2.05, 4.69) is 28.5 Å². The molecule has 3 N–H and O–H groups in total. The number of carboxylic acids is 1. The van der Waals surface area contributed by atoms with Crippen LogP contribution in [0.25, 0.3) is 27.9 Å². The number of aromatic carboxylic acids is 1. The molecular weight excluding hydrogens is 457 g/mol. The second-order valence-corrected chi connectivity index (χ2v) is 8.46. The molecule has 0 radical (unpaired) electrons. The number of nitrogens with zero attached hydrogens (tertiary/aromatic N) is 1. The van der Waals surface area contributed by atoms with Crippen molar-refractivity contribution in [2.24, 2.45) is 0 Å². The predicted octanol–water partition coefficient (Wildman–Crippen LogP) is 5.59. The molecule has 7 nitrogen and oxygen atoms in total. The third-order valence-corrected chi connectivity index (χ3v) is 6.53. The summed E-state index contributed by atoms with van der Waals surface area (Å²) >= 11 is 1.17. The SMILES string of the molecule is CCN(CC)C/C=C\c1cc(F)ccc1SNc1ccc2c([nH]c(=O)c3occc32)c1C(=O)O. The van der Waals surface area contributed by atoms with Gasteiger partial charge in [0.25, 0.3) is 5.56 Å². The number of carbonyl (C=O) groups is 1. The number of carboxylic acid groups (broad SMARTS) is 1. The summed E-state index contributed by atoms with van der Waals surface area (Å²) < 4.78 is 22.2. The van der Waals surface area contributed by atoms with Gasteiger partial charge in [-0.3, -0.25) is 4.79 Å². The highest BCUT2D eigenvalue weighted by Gasteiger charge is 2.19. The third-order valence-electron chi connectivity index (χ3n) is 5.62. The van der Waals surface area contributed by atoms with E-state index in [1.165, 1.54) is 30.3 Å². The molecule has 176 valence electrons. The van der Waals surface area contributed by atoms with Crippen LogP contribution in [-0.2, 0) is 0 Å². The van der Waals surface area contributed by atoms with Gasteiger partial charge in [0.05, 0.1) is 17.5 Å². The van der Waals surface area contributed by atoms with Crippen molar-refractivity contribution >= 4 is 51.6 Å². The van der Waals surface area contributed by atoms with Crippen molar-refractivity contribution in [3.8, 4) is 0 Å². The second-order valence-electron chi connectivity index (χ2n) is 7.61. The van der Waals surface area contributed by atoms with E-state index in [4.69, 9.17) is 4.42 Å². The third kappa shape index (κ3) is 4.71. The molecule has 2 heterocycles. The lowest BCUT2D eigenvalue weighted by atomic mass is 10.1. The van der Waals surface area contributed by atoms with E-state index in [0.717, 1.165) is 24.5 Å². The summed E-state index contributed by atoms with van der Waals surface area (Å²) in [5, 5.41) is 11.0. The lowest BCUT2D eigenvalue weighted by Crippen LogP contribution is -2.22. The molecule has 34 heavy (non-hydrogen) atoms. The Balaban J connectivity index is 1.67. The number of benzene rings is 2. The topological polar surface area (TPSA) is 98.6 Å². The molecule has 2 aromatic carbocycles. The van der Waals surface area contributed by atoms with Gasteiger partial charge < -0.3 is 24.1 Å². The highest BCUT2D eigenvalue weighted by molar-refractivity contribution is 8.00. The monoisotopic (exact) mass is 481 g/mol. The van der Waals surface area contributed by atoms with Gasteiger partial charge in [0.1, 0.15) is 11.4 Å². The maximum atomic E-state index is 13.9. The average Bonchev–Trinajstić information content (AvgIpc) is 3.32. The summed E-state index contributed by atoms with van der Waals surface area (Å²) in [5.41, 5.74) is 0.772. The highest BCUT2D eigenvalue weighted by atomic mass is 32.2. The van der Waals surface area contributed by atoms with Crippen LogP contribution < -0.4 is 10.3 Å². The Bertz CT molecular complexity index is 1440. The molecule has 0 saturated carbocycles. The molecule has 0 aliphatic heterocycles. The Labute approximate surface area is 199 Å². The fraction of sp³-hybridized carbons (Fsp3) is 0.200. The smallest absolute Gasteiger partial charge is 0.339 e. The summed E-state index contributed by atoms with van der Waals surface area (Å²) in [4.78, 5) is 30.1. The number of furan rings is 1. The Kier molecular flexibility index (Phi) is 7.04. The van der Waals surface area contributed by atoms with Crippen molar-refractivity contribution in [3.05, 3.63) is 76.0 Å². The van der Waals surface area contributed by atoms with Crippen LogP contribution in [0.4, 0.5) is 10.1 Å². The summed E-state index contributed by atoms with van der Waals surface area (Å²) in [6, 6.07) is 9.45. The van der Waals surface area contributed by atoms with Gasteiger partial charge in [-0.25, -0.2) is 9.18 Å². The van der Waals surface area contributed by atoms with Crippen LogP contribution in [0.5, 0.6) is 0 Å². The number of nitrogens with one attached hydrogen (secondary N) is 2. The van der Waals surface area contributed by atoms with Crippen LogP contribution in [0.3, 0.4) is 0 Å². The number of pyridine rings is 1. The van der Waals surface area contributed by atoms with E-state index in [9.17, 15) is 19.1 Å². The largest absolute Gasteiger partial charge is 0.478 e. The Morgan fingerprint density at radius 1 is 1.21 bits per heavy atom. The van der Waals surface area contributed by atoms with Crippen molar-refractivity contribution < 1.29 is 18.7 Å². The molecule has 0 atom stereocenters. The van der Waals surface area contributed by atoms with Gasteiger partial charge in [0.2, 0.25) is 0 Å². The van der Waals surface area contributed by atoms with Crippen LogP contribution in [0, 0.1) is 5.82 Å². The van der Waals surface area contributed by atoms with Crippen LogP contribution in [0.15, 0.2) is 62.8 Å². The van der Waals surface area contributed by atoms with Gasteiger partial charge in [-0.1, -0.05) is 32.1 Å². The number of H-pyrrole nitrogens is 1. The van der Waals surface area contributed by atoms with Gasteiger partial charge in [-0.05, 0) is 60.9 Å². The first-order valence-electron chi connectivity index (χ1n) is 10.8. The number of hydrogen-bond donors (Lipinski definition) is 3. The minimum absolute atomic E-state index is 0.0639. The second kappa shape index (κ2) is 10.1. The minimum Gasteiger partial charge on any atom is -0.478 e. The molecule has 9 heteroatoms. The number of fused-ring (bicyclic) bond motifs is 3. The van der Waals surface area contributed by atoms with E-state index in [1.54, 1.807) is 24.3 Å². The van der Waals surface area contributed by atoms with Crippen molar-refractivity contribution in [3.63, 3.8) is 0 Å². The minimum atomic E-state index is -1.19. The Hall–Kier alpha value is -3.56. The molecule has 2 aromatic heterocycles. The molecule has 0 unspecified atom stereocenters. The molecule has 0 bridgehead atoms. The van der Waals surface area contributed by atoms with Crippen LogP contribution in [-0.4, -0.2) is 40.6 Å². The zero-order valence-electron chi connectivity index (χ0n) is 18.7. The number of rotatable bonds is 9. The van der Waals surface area contributed by atoms with Gasteiger partial charge in [0, 0.05) is 22.2 Å². The fourth-order valence-corrected chi connectivity index (χ4v) is 4.57. The van der Waals surface area contributed by atoms with Gasteiger partial charge in [-0.2, -0.15) is 0 Å². The molecule has 0 aliphatic carbocycles. The lowest BCUT2D eigenvalue weighted by molar-refractivity contribution is 0.0700. The molecule has 0 saturated heterocycles. The van der Waals surface area contributed by atoms with Crippen LogP contribution in [0.1, 0.15) is 29.8 Å². The van der Waals surface area contributed by atoms with E-state index >= 15 is 0 Å². The number of aromatic nitrogens is 1. The van der Waals surface area contributed by atoms with Crippen LogP contribution in [0.2, 0.25) is 0 Å². The number of hydrogen-bond acceptors (Lipinski definition) is 6. The molecule has 4 aromatic rings. The zero-order valence-corrected chi connectivity index (χ0v) is 19.5. The van der Waals surface area contributed by atoms with E-state index < -0.39 is 11.5 Å². The molecule has 0 fully saturated rings. The predicted molar refractivity (Wildman–Crippen MR) is 134 cm³/mol. The van der Waals surface area contributed by atoms with Crippen molar-refractivity contribution in [1.82, 2.24) is 9.88 Å². The lowest BCUT2D eigenvalue weighted by Gasteiger charge is -2.15. The van der Waals surface area contributed by atoms with Crippen molar-refractivity contribution in [2.45, 2.75) is 18.7 Å². The normalized spacial score (nSPS) is 11.8. The number of aromatic amines is 1. The maximum absolute atomic E-state index is 13.9. The molecular formula is C25H24FN3O4S. The first kappa shape index (κ1) is 23.6. The molecule has 0 amide bonds. The van der Waals surface area contributed by atoms with Crippen molar-refractivity contribution in [1.29, 1.82) is 0 Å². The average molecular weight is 482 g/mol. The van der Waals surface area contributed by atoms with Crippen molar-refractivity contribution in [2.75, 3.05) is 24.4 Å². The highest BCUT2D eigenvalue weighted by Crippen LogP contribution is 2.33. The Morgan fingerprint density at radius 3 is 2.74 bits per heavy atom.